The van der Waals surface area contributed by atoms with Crippen LogP contribution in [0.15, 0.2) is 18.3 Å². The average Bonchev–Trinajstić information content (AvgIpc) is 3.31. The lowest BCUT2D eigenvalue weighted by Crippen LogP contribution is -2.40. The van der Waals surface area contributed by atoms with Crippen LogP contribution >= 0.6 is 0 Å². The fourth-order valence-electron chi connectivity index (χ4n) is 3.28. The average molecular weight is 273 g/mol. The second-order valence-electron chi connectivity index (χ2n) is 6.27. The van der Waals surface area contributed by atoms with Crippen LogP contribution < -0.4 is 10.2 Å². The summed E-state index contributed by atoms with van der Waals surface area (Å²) in [5, 5.41) is 3.63. The Balaban J connectivity index is 1.75. The van der Waals surface area contributed by atoms with Gasteiger partial charge in [-0.1, -0.05) is 19.4 Å². The maximum atomic E-state index is 4.72. The van der Waals surface area contributed by atoms with Gasteiger partial charge in [0.15, 0.2) is 0 Å². The van der Waals surface area contributed by atoms with Gasteiger partial charge in [-0.2, -0.15) is 0 Å². The molecule has 0 radical (unpaired) electrons. The molecule has 1 aromatic rings. The monoisotopic (exact) mass is 273 g/mol. The first-order valence-electron chi connectivity index (χ1n) is 8.32. The first-order valence-corrected chi connectivity index (χ1v) is 8.32. The van der Waals surface area contributed by atoms with E-state index in [1.165, 1.54) is 62.9 Å². The van der Waals surface area contributed by atoms with E-state index in [9.17, 15) is 0 Å². The summed E-state index contributed by atoms with van der Waals surface area (Å²) in [5.41, 5.74) is 1.38. The molecule has 1 N–H and O–H groups in total. The molecule has 0 bridgehead atoms. The van der Waals surface area contributed by atoms with Gasteiger partial charge < -0.3 is 10.2 Å². The van der Waals surface area contributed by atoms with Gasteiger partial charge in [0.05, 0.1) is 0 Å². The van der Waals surface area contributed by atoms with Crippen LogP contribution in [0, 0.1) is 0 Å². The lowest BCUT2D eigenvalue weighted by atomic mass is 9.97. The normalized spacial score (nSPS) is 23.1. The van der Waals surface area contributed by atoms with E-state index in [4.69, 9.17) is 4.98 Å². The van der Waals surface area contributed by atoms with Crippen molar-refractivity contribution in [3.05, 3.63) is 23.9 Å². The Morgan fingerprint density at radius 2 is 2.20 bits per heavy atom. The van der Waals surface area contributed by atoms with Crippen LogP contribution in [0.1, 0.15) is 57.4 Å². The zero-order valence-corrected chi connectivity index (χ0v) is 12.6. The van der Waals surface area contributed by atoms with E-state index in [1.807, 2.05) is 6.20 Å². The smallest absolute Gasteiger partial charge is 0.133 e. The summed E-state index contributed by atoms with van der Waals surface area (Å²) < 4.78 is 0. The minimum absolute atomic E-state index is 0.698. The van der Waals surface area contributed by atoms with Gasteiger partial charge in [0.25, 0.3) is 0 Å². The molecular formula is C17H27N3. The standard InChI is InChI=1S/C17H27N3/c1-2-6-16-8-3-4-12-20(16)17-14(7-5-11-18-17)13-19-15-9-10-15/h5,7,11,15-16,19H,2-4,6,8-10,12-13H2,1H3. The Bertz CT molecular complexity index is 426. The number of piperidine rings is 1. The van der Waals surface area contributed by atoms with Gasteiger partial charge in [-0.3, -0.25) is 0 Å². The maximum absolute atomic E-state index is 4.72. The molecule has 1 aromatic heterocycles. The van der Waals surface area contributed by atoms with Crippen LogP contribution in [0.4, 0.5) is 5.82 Å². The number of hydrogen-bond donors (Lipinski definition) is 1. The van der Waals surface area contributed by atoms with Gasteiger partial charge in [-0.25, -0.2) is 4.98 Å². The van der Waals surface area contributed by atoms with Crippen molar-refractivity contribution in [2.75, 3.05) is 11.4 Å². The van der Waals surface area contributed by atoms with Gasteiger partial charge in [0.2, 0.25) is 0 Å². The van der Waals surface area contributed by atoms with Crippen molar-refractivity contribution in [1.29, 1.82) is 0 Å². The minimum Gasteiger partial charge on any atom is -0.353 e. The van der Waals surface area contributed by atoms with Gasteiger partial charge in [0.1, 0.15) is 5.82 Å². The summed E-state index contributed by atoms with van der Waals surface area (Å²) in [7, 11) is 0. The van der Waals surface area contributed by atoms with E-state index in [2.05, 4.69) is 29.3 Å². The number of nitrogens with one attached hydrogen (secondary N) is 1. The Kier molecular flexibility index (Phi) is 4.56. The van der Waals surface area contributed by atoms with Crippen LogP contribution in [-0.2, 0) is 6.54 Å². The largest absolute Gasteiger partial charge is 0.353 e. The molecule has 110 valence electrons. The number of hydrogen-bond acceptors (Lipinski definition) is 3. The highest BCUT2D eigenvalue weighted by molar-refractivity contribution is 5.48. The van der Waals surface area contributed by atoms with Crippen molar-refractivity contribution in [3.8, 4) is 0 Å². The van der Waals surface area contributed by atoms with Crippen LogP contribution in [0.2, 0.25) is 0 Å². The molecule has 1 saturated carbocycles. The third-order valence-corrected chi connectivity index (χ3v) is 4.55. The van der Waals surface area contributed by atoms with E-state index < -0.39 is 0 Å². The van der Waals surface area contributed by atoms with Gasteiger partial charge in [-0.05, 0) is 44.6 Å². The highest BCUT2D eigenvalue weighted by Gasteiger charge is 2.25. The first kappa shape index (κ1) is 13.9. The van der Waals surface area contributed by atoms with Crippen molar-refractivity contribution in [2.24, 2.45) is 0 Å². The number of aromatic nitrogens is 1. The lowest BCUT2D eigenvalue weighted by molar-refractivity contribution is 0.430. The lowest BCUT2D eigenvalue weighted by Gasteiger charge is -2.37. The second kappa shape index (κ2) is 6.57. The van der Waals surface area contributed by atoms with Gasteiger partial charge in [0, 0.05) is 36.9 Å². The molecule has 0 spiro atoms. The predicted octanol–water partition coefficient (Wildman–Crippen LogP) is 3.49. The maximum Gasteiger partial charge on any atom is 0.133 e. The molecule has 1 unspecified atom stereocenters. The quantitative estimate of drug-likeness (QED) is 0.860. The highest BCUT2D eigenvalue weighted by Crippen LogP contribution is 2.29. The van der Waals surface area contributed by atoms with Crippen LogP contribution in [0.25, 0.3) is 0 Å². The number of nitrogens with zero attached hydrogens (tertiary/aromatic N) is 2. The SMILES string of the molecule is CCCC1CCCCN1c1ncccc1CNC1CC1. The molecule has 3 rings (SSSR count). The topological polar surface area (TPSA) is 28.2 Å². The number of rotatable bonds is 6. The summed E-state index contributed by atoms with van der Waals surface area (Å²) in [6.07, 6.45) is 11.2. The summed E-state index contributed by atoms with van der Waals surface area (Å²) in [6.45, 7) is 4.45. The molecule has 0 amide bonds. The van der Waals surface area contributed by atoms with E-state index in [0.717, 1.165) is 12.6 Å². The molecule has 3 heteroatoms. The Morgan fingerprint density at radius 3 is 3.00 bits per heavy atom. The molecule has 2 fully saturated rings. The Morgan fingerprint density at radius 1 is 1.30 bits per heavy atom. The van der Waals surface area contributed by atoms with Crippen LogP contribution in [-0.4, -0.2) is 23.6 Å². The predicted molar refractivity (Wildman–Crippen MR) is 84.0 cm³/mol. The molecular weight excluding hydrogens is 246 g/mol. The summed E-state index contributed by atoms with van der Waals surface area (Å²) in [6, 6.07) is 5.78. The first-order chi connectivity index (χ1) is 9.88. The second-order valence-corrected chi connectivity index (χ2v) is 6.27. The zero-order chi connectivity index (χ0) is 13.8. The Labute approximate surface area is 122 Å². The van der Waals surface area contributed by atoms with Crippen LogP contribution in [0.3, 0.4) is 0 Å². The molecule has 1 aliphatic heterocycles. The third-order valence-electron chi connectivity index (χ3n) is 4.55. The number of anilines is 1. The summed E-state index contributed by atoms with van der Waals surface area (Å²) >= 11 is 0. The van der Waals surface area contributed by atoms with E-state index in [1.54, 1.807) is 0 Å². The molecule has 2 aliphatic rings. The van der Waals surface area contributed by atoms with Gasteiger partial charge in [-0.15, -0.1) is 0 Å². The van der Waals surface area contributed by atoms with Crippen molar-refractivity contribution in [3.63, 3.8) is 0 Å². The van der Waals surface area contributed by atoms with Crippen molar-refractivity contribution in [1.82, 2.24) is 10.3 Å². The molecule has 1 saturated heterocycles. The fourth-order valence-corrected chi connectivity index (χ4v) is 3.28. The fraction of sp³-hybridized carbons (Fsp3) is 0.706. The molecule has 1 aliphatic carbocycles. The zero-order valence-electron chi connectivity index (χ0n) is 12.6. The van der Waals surface area contributed by atoms with Crippen molar-refractivity contribution >= 4 is 5.82 Å². The molecule has 1 atom stereocenters. The molecule has 2 heterocycles. The van der Waals surface area contributed by atoms with E-state index >= 15 is 0 Å². The number of pyridine rings is 1. The summed E-state index contributed by atoms with van der Waals surface area (Å²) in [4.78, 5) is 7.30. The van der Waals surface area contributed by atoms with Crippen LogP contribution in [0.5, 0.6) is 0 Å². The van der Waals surface area contributed by atoms with Crippen molar-refractivity contribution < 1.29 is 0 Å². The molecule has 3 nitrogen and oxygen atoms in total. The minimum atomic E-state index is 0.698. The molecule has 20 heavy (non-hydrogen) atoms. The third kappa shape index (κ3) is 3.32. The Hall–Kier alpha value is -1.09. The summed E-state index contributed by atoms with van der Waals surface area (Å²) in [5.74, 6) is 1.24. The highest BCUT2D eigenvalue weighted by atomic mass is 15.2. The van der Waals surface area contributed by atoms with Crippen molar-refractivity contribution in [2.45, 2.75) is 70.5 Å². The van der Waals surface area contributed by atoms with E-state index in [0.29, 0.717) is 6.04 Å². The molecule has 0 aromatic carbocycles. The van der Waals surface area contributed by atoms with E-state index in [-0.39, 0.29) is 0 Å². The van der Waals surface area contributed by atoms with Gasteiger partial charge >= 0.3 is 0 Å².